The Hall–Kier alpha value is -2.89. The summed E-state index contributed by atoms with van der Waals surface area (Å²) in [5.41, 5.74) is 6.47. The molecule has 1 aromatic carbocycles. The van der Waals surface area contributed by atoms with E-state index in [1.165, 1.54) is 22.3 Å². The summed E-state index contributed by atoms with van der Waals surface area (Å²) in [6.07, 6.45) is 6.91. The van der Waals surface area contributed by atoms with Gasteiger partial charge in [0.05, 0.1) is 24.1 Å². The fourth-order valence-electron chi connectivity index (χ4n) is 3.55. The third-order valence-corrected chi connectivity index (χ3v) is 6.14. The number of aryl methyl sites for hydroxylation is 1. The van der Waals surface area contributed by atoms with E-state index in [2.05, 4.69) is 15.4 Å². The van der Waals surface area contributed by atoms with Crippen LogP contribution < -0.4 is 15.8 Å². The molecule has 0 bridgehead atoms. The van der Waals surface area contributed by atoms with Crippen LogP contribution >= 0.6 is 11.3 Å². The molecule has 176 valence electrons. The zero-order valence-corrected chi connectivity index (χ0v) is 19.0. The van der Waals surface area contributed by atoms with Crippen molar-refractivity contribution in [2.45, 2.75) is 31.7 Å². The zero-order chi connectivity index (χ0) is 23.4. The average molecular weight is 478 g/mol. The molecular weight excluding hydrogens is 452 g/mol. The number of nitrogens with two attached hydrogens (primary N) is 1. The summed E-state index contributed by atoms with van der Waals surface area (Å²) in [7, 11) is 1.72. The number of hydrogen-bond donors (Lipinski definition) is 2. The molecule has 1 saturated heterocycles. The number of halogens is 2. The number of aromatic nitrogens is 3. The van der Waals surface area contributed by atoms with Crippen LogP contribution in [-0.4, -0.2) is 46.5 Å². The first kappa shape index (κ1) is 23.3. The summed E-state index contributed by atoms with van der Waals surface area (Å²) in [5, 5.41) is 8.11. The Morgan fingerprint density at radius 1 is 1.30 bits per heavy atom. The van der Waals surface area contributed by atoms with Gasteiger partial charge in [0.15, 0.2) is 11.6 Å². The number of anilines is 1. The van der Waals surface area contributed by atoms with Crippen LogP contribution in [0.2, 0.25) is 0 Å². The quantitative estimate of drug-likeness (QED) is 0.598. The Kier molecular flexibility index (Phi) is 7.31. The number of amides is 1. The van der Waals surface area contributed by atoms with Gasteiger partial charge >= 0.3 is 0 Å². The number of fused-ring (bicyclic) bond motifs is 1. The van der Waals surface area contributed by atoms with Gasteiger partial charge in [-0.1, -0.05) is 0 Å². The monoisotopic (exact) mass is 477 g/mol. The number of carbonyl (C=O) groups excluding carboxylic acids is 1. The first-order valence-electron chi connectivity index (χ1n) is 10.6. The molecule has 3 N–H and O–H groups in total. The highest BCUT2D eigenvalue weighted by atomic mass is 32.1. The predicted molar refractivity (Wildman–Crippen MR) is 120 cm³/mol. The fourth-order valence-corrected chi connectivity index (χ4v) is 4.39. The highest BCUT2D eigenvalue weighted by Crippen LogP contribution is 2.38. The lowest BCUT2D eigenvalue weighted by molar-refractivity contribution is 0.102. The van der Waals surface area contributed by atoms with E-state index in [-0.39, 0.29) is 22.0 Å². The van der Waals surface area contributed by atoms with E-state index in [0.717, 1.165) is 43.8 Å². The second kappa shape index (κ2) is 10.4. The molecule has 3 aromatic rings. The topological polar surface area (TPSA) is 104 Å². The van der Waals surface area contributed by atoms with Crippen molar-refractivity contribution >= 4 is 22.9 Å². The second-order valence-electron chi connectivity index (χ2n) is 7.83. The van der Waals surface area contributed by atoms with Gasteiger partial charge in [0, 0.05) is 49.9 Å². The van der Waals surface area contributed by atoms with E-state index in [1.54, 1.807) is 13.2 Å². The average Bonchev–Trinajstić information content (AvgIpc) is 3.49. The van der Waals surface area contributed by atoms with E-state index in [4.69, 9.17) is 15.2 Å². The van der Waals surface area contributed by atoms with E-state index in [0.29, 0.717) is 30.3 Å². The number of hydrogen-bond acceptors (Lipinski definition) is 7. The van der Waals surface area contributed by atoms with Gasteiger partial charge in [-0.25, -0.2) is 13.8 Å². The minimum atomic E-state index is -0.777. The van der Waals surface area contributed by atoms with Gasteiger partial charge in [-0.05, 0) is 25.3 Å². The standard InChI is InChI=1S/C16H12F2N4O2S.C6H13NO/c1-22-6-9(5-19-22)20-15(23)11-7-25-16(21-11)12-10(17)4-8-2-3-24-14(8)13(12)18;7-6-2-1-4-8-5-3-6/h4-7H,2-3H2,1H3,(H,20,23);6H,1-5,7H2/t;6-/m.1/s1. The number of carbonyl (C=O) groups is 1. The highest BCUT2D eigenvalue weighted by molar-refractivity contribution is 7.13. The lowest BCUT2D eigenvalue weighted by Gasteiger charge is -2.06. The van der Waals surface area contributed by atoms with Gasteiger partial charge in [-0.3, -0.25) is 9.48 Å². The molecular formula is C22H25F2N5O3S. The van der Waals surface area contributed by atoms with Crippen molar-refractivity contribution in [2.75, 3.05) is 25.1 Å². The maximum atomic E-state index is 14.6. The molecule has 4 heterocycles. The van der Waals surface area contributed by atoms with E-state index in [1.807, 2.05) is 0 Å². The summed E-state index contributed by atoms with van der Waals surface area (Å²) >= 11 is 0.992. The second-order valence-corrected chi connectivity index (χ2v) is 8.69. The molecule has 2 aliphatic heterocycles. The van der Waals surface area contributed by atoms with Gasteiger partial charge in [0.25, 0.3) is 5.91 Å². The zero-order valence-electron chi connectivity index (χ0n) is 18.1. The Bertz CT molecular complexity index is 1130. The number of nitrogens with zero attached hydrogens (tertiary/aromatic N) is 3. The molecule has 0 radical (unpaired) electrons. The van der Waals surface area contributed by atoms with Crippen LogP contribution in [0.15, 0.2) is 23.8 Å². The Morgan fingerprint density at radius 2 is 2.15 bits per heavy atom. The largest absolute Gasteiger partial charge is 0.490 e. The molecule has 0 aliphatic carbocycles. The number of rotatable bonds is 3. The molecule has 33 heavy (non-hydrogen) atoms. The van der Waals surface area contributed by atoms with Crippen LogP contribution in [-0.2, 0) is 18.2 Å². The molecule has 11 heteroatoms. The maximum absolute atomic E-state index is 14.6. The number of benzene rings is 1. The normalized spacial score (nSPS) is 17.4. The molecule has 8 nitrogen and oxygen atoms in total. The van der Waals surface area contributed by atoms with E-state index < -0.39 is 17.5 Å². The van der Waals surface area contributed by atoms with Crippen LogP contribution in [0.3, 0.4) is 0 Å². The maximum Gasteiger partial charge on any atom is 0.275 e. The molecule has 2 aromatic heterocycles. The Morgan fingerprint density at radius 3 is 2.94 bits per heavy atom. The summed E-state index contributed by atoms with van der Waals surface area (Å²) in [4.78, 5) is 16.3. The van der Waals surface area contributed by atoms with Gasteiger partial charge in [-0.2, -0.15) is 5.10 Å². The minimum absolute atomic E-state index is 0.0629. The molecule has 0 saturated carbocycles. The number of ether oxygens (including phenoxy) is 2. The third-order valence-electron chi connectivity index (χ3n) is 5.28. The highest BCUT2D eigenvalue weighted by Gasteiger charge is 2.26. The lowest BCUT2D eigenvalue weighted by Crippen LogP contribution is -2.19. The van der Waals surface area contributed by atoms with Crippen LogP contribution in [0.5, 0.6) is 5.75 Å². The SMILES string of the molecule is Cn1cc(NC(=O)c2csc(-c3c(F)cc4c(c3F)OCC4)n2)cn1.N[C@@H]1CCCOCC1. The van der Waals surface area contributed by atoms with Gasteiger partial charge in [0.2, 0.25) is 0 Å². The van der Waals surface area contributed by atoms with E-state index >= 15 is 0 Å². The Labute approximate surface area is 193 Å². The Balaban J connectivity index is 0.000000275. The van der Waals surface area contributed by atoms with Crippen LogP contribution in [0.4, 0.5) is 14.5 Å². The molecule has 0 spiro atoms. The van der Waals surface area contributed by atoms with Crippen LogP contribution in [0.25, 0.3) is 10.6 Å². The van der Waals surface area contributed by atoms with Gasteiger partial charge in [0.1, 0.15) is 16.5 Å². The third kappa shape index (κ3) is 5.55. The van der Waals surface area contributed by atoms with E-state index in [9.17, 15) is 13.6 Å². The molecule has 5 rings (SSSR count). The number of thiazole rings is 1. The fraction of sp³-hybridized carbons (Fsp3) is 0.409. The van der Waals surface area contributed by atoms with Crippen molar-refractivity contribution in [2.24, 2.45) is 12.8 Å². The minimum Gasteiger partial charge on any atom is -0.490 e. The molecule has 1 fully saturated rings. The first-order chi connectivity index (χ1) is 15.9. The van der Waals surface area contributed by atoms with Gasteiger partial charge < -0.3 is 20.5 Å². The summed E-state index contributed by atoms with van der Waals surface area (Å²) in [5.74, 6) is -1.90. The summed E-state index contributed by atoms with van der Waals surface area (Å²) in [6.45, 7) is 2.10. The summed E-state index contributed by atoms with van der Waals surface area (Å²) in [6, 6.07) is 1.66. The van der Waals surface area contributed by atoms with Crippen molar-refractivity contribution in [3.05, 3.63) is 46.7 Å². The molecule has 1 amide bonds. The van der Waals surface area contributed by atoms with Crippen molar-refractivity contribution in [1.29, 1.82) is 0 Å². The first-order valence-corrected chi connectivity index (χ1v) is 11.5. The van der Waals surface area contributed by atoms with Crippen molar-refractivity contribution < 1.29 is 23.0 Å². The van der Waals surface area contributed by atoms with Crippen molar-refractivity contribution in [1.82, 2.24) is 14.8 Å². The summed E-state index contributed by atoms with van der Waals surface area (Å²) < 4.78 is 40.8. The molecule has 0 unspecified atom stereocenters. The molecule has 1 atom stereocenters. The molecule has 2 aliphatic rings. The van der Waals surface area contributed by atoms with Crippen LogP contribution in [0, 0.1) is 11.6 Å². The predicted octanol–water partition coefficient (Wildman–Crippen LogP) is 3.52. The van der Waals surface area contributed by atoms with Crippen molar-refractivity contribution in [3.8, 4) is 16.3 Å². The van der Waals surface area contributed by atoms with Gasteiger partial charge in [-0.15, -0.1) is 11.3 Å². The van der Waals surface area contributed by atoms with Crippen LogP contribution in [0.1, 0.15) is 35.3 Å². The van der Waals surface area contributed by atoms with Crippen molar-refractivity contribution in [3.63, 3.8) is 0 Å². The lowest BCUT2D eigenvalue weighted by atomic mass is 10.1. The smallest absolute Gasteiger partial charge is 0.275 e. The number of nitrogens with one attached hydrogen (secondary N) is 1.